The average molecular weight is 236 g/mol. The molecule has 4 nitrogen and oxygen atoms in total. The number of allylic oxidation sites excluding steroid dienone is 1. The molecule has 0 fully saturated rings. The lowest BCUT2D eigenvalue weighted by Crippen LogP contribution is -2.29. The smallest absolute Gasteiger partial charge is 0.268 e. The summed E-state index contributed by atoms with van der Waals surface area (Å²) < 4.78 is 6.87. The van der Waals surface area contributed by atoms with Crippen LogP contribution in [0.3, 0.4) is 0 Å². The van der Waals surface area contributed by atoms with Crippen molar-refractivity contribution in [1.82, 2.24) is 9.88 Å². The highest BCUT2D eigenvalue weighted by Gasteiger charge is 2.15. The van der Waals surface area contributed by atoms with Crippen molar-refractivity contribution < 1.29 is 9.53 Å². The number of nitrogens with zero attached hydrogens (tertiary/aromatic N) is 1. The summed E-state index contributed by atoms with van der Waals surface area (Å²) in [6, 6.07) is 2.01. The lowest BCUT2D eigenvalue weighted by Gasteiger charge is -2.10. The van der Waals surface area contributed by atoms with Crippen LogP contribution in [0.25, 0.3) is 0 Å². The lowest BCUT2D eigenvalue weighted by atomic mass is 10.2. The van der Waals surface area contributed by atoms with E-state index in [1.165, 1.54) is 0 Å². The molecule has 1 heterocycles. The second kappa shape index (κ2) is 6.25. The molecule has 1 aromatic rings. The molecule has 1 rings (SSSR count). The number of hydrogen-bond donors (Lipinski definition) is 1. The van der Waals surface area contributed by atoms with E-state index in [-0.39, 0.29) is 5.91 Å². The van der Waals surface area contributed by atoms with E-state index in [4.69, 9.17) is 4.74 Å². The second-order valence-electron chi connectivity index (χ2n) is 3.97. The van der Waals surface area contributed by atoms with E-state index < -0.39 is 0 Å². The van der Waals surface area contributed by atoms with Crippen LogP contribution in [0.4, 0.5) is 0 Å². The second-order valence-corrected chi connectivity index (χ2v) is 3.97. The minimum absolute atomic E-state index is 0.0606. The molecule has 0 atom stereocenters. The normalized spacial score (nSPS) is 10.3. The highest BCUT2D eigenvalue weighted by molar-refractivity contribution is 5.94. The summed E-state index contributed by atoms with van der Waals surface area (Å²) in [6.07, 6.45) is 1.79. The molecule has 0 aliphatic rings. The van der Waals surface area contributed by atoms with Gasteiger partial charge in [-0.15, -0.1) is 6.58 Å². The van der Waals surface area contributed by atoms with E-state index in [9.17, 15) is 4.79 Å². The van der Waals surface area contributed by atoms with Gasteiger partial charge in [-0.25, -0.2) is 0 Å². The molecule has 0 aliphatic heterocycles. The van der Waals surface area contributed by atoms with Gasteiger partial charge in [-0.05, 0) is 25.5 Å². The van der Waals surface area contributed by atoms with Crippen LogP contribution in [0.1, 0.15) is 21.7 Å². The fourth-order valence-corrected chi connectivity index (χ4v) is 1.87. The zero-order valence-corrected chi connectivity index (χ0v) is 10.7. The van der Waals surface area contributed by atoms with Crippen molar-refractivity contribution in [2.75, 3.05) is 20.3 Å². The van der Waals surface area contributed by atoms with Gasteiger partial charge in [0.15, 0.2) is 0 Å². The van der Waals surface area contributed by atoms with Crippen LogP contribution < -0.4 is 5.32 Å². The highest BCUT2D eigenvalue weighted by atomic mass is 16.5. The van der Waals surface area contributed by atoms with Gasteiger partial charge in [0.05, 0.1) is 6.61 Å². The van der Waals surface area contributed by atoms with Crippen molar-refractivity contribution in [3.8, 4) is 0 Å². The summed E-state index contributed by atoms with van der Waals surface area (Å²) in [7, 11) is 1.61. The summed E-state index contributed by atoms with van der Waals surface area (Å²) in [5.41, 5.74) is 2.76. The van der Waals surface area contributed by atoms with Crippen molar-refractivity contribution >= 4 is 5.91 Å². The van der Waals surface area contributed by atoms with Gasteiger partial charge >= 0.3 is 0 Å². The van der Waals surface area contributed by atoms with E-state index in [1.54, 1.807) is 13.2 Å². The summed E-state index contributed by atoms with van der Waals surface area (Å²) in [4.78, 5) is 12.0. The average Bonchev–Trinajstić information content (AvgIpc) is 2.55. The summed E-state index contributed by atoms with van der Waals surface area (Å²) in [6.45, 7) is 9.33. The van der Waals surface area contributed by atoms with Crippen LogP contribution in [0, 0.1) is 13.8 Å². The van der Waals surface area contributed by atoms with Crippen molar-refractivity contribution in [3.05, 3.63) is 35.7 Å². The maximum atomic E-state index is 12.0. The Morgan fingerprint density at radius 1 is 1.59 bits per heavy atom. The molecule has 0 aromatic carbocycles. The molecule has 0 saturated heterocycles. The van der Waals surface area contributed by atoms with Gasteiger partial charge < -0.3 is 14.6 Å². The van der Waals surface area contributed by atoms with Crippen molar-refractivity contribution in [2.24, 2.45) is 0 Å². The Hall–Kier alpha value is -1.55. The van der Waals surface area contributed by atoms with Gasteiger partial charge in [-0.3, -0.25) is 4.79 Å². The van der Waals surface area contributed by atoms with Crippen molar-refractivity contribution in [2.45, 2.75) is 20.4 Å². The molecule has 0 saturated carbocycles. The van der Waals surface area contributed by atoms with Crippen LogP contribution in [0.15, 0.2) is 18.7 Å². The summed E-state index contributed by atoms with van der Waals surface area (Å²) >= 11 is 0. The third-order valence-electron chi connectivity index (χ3n) is 2.61. The predicted octanol–water partition coefficient (Wildman–Crippen LogP) is 1.67. The van der Waals surface area contributed by atoms with Gasteiger partial charge in [0.25, 0.3) is 5.91 Å². The molecular formula is C13H20N2O2. The Bertz CT molecular complexity index is 408. The number of rotatable bonds is 6. The van der Waals surface area contributed by atoms with Gasteiger partial charge in [-0.1, -0.05) is 6.08 Å². The Morgan fingerprint density at radius 2 is 2.29 bits per heavy atom. The number of carbonyl (C=O) groups is 1. The first-order valence-electron chi connectivity index (χ1n) is 5.66. The monoisotopic (exact) mass is 236 g/mol. The third kappa shape index (κ3) is 3.20. The van der Waals surface area contributed by atoms with E-state index in [0.29, 0.717) is 25.4 Å². The molecule has 0 spiro atoms. The maximum Gasteiger partial charge on any atom is 0.268 e. The Labute approximate surface area is 102 Å². The Morgan fingerprint density at radius 3 is 2.88 bits per heavy atom. The van der Waals surface area contributed by atoms with Crippen molar-refractivity contribution in [3.63, 3.8) is 0 Å². The summed E-state index contributed by atoms with van der Waals surface area (Å²) in [5, 5.41) is 2.83. The molecule has 1 N–H and O–H groups in total. The van der Waals surface area contributed by atoms with E-state index >= 15 is 0 Å². The highest BCUT2D eigenvalue weighted by Crippen LogP contribution is 2.14. The quantitative estimate of drug-likeness (QED) is 0.603. The first-order valence-corrected chi connectivity index (χ1v) is 5.66. The van der Waals surface area contributed by atoms with Gasteiger partial charge in [0.2, 0.25) is 0 Å². The number of aromatic nitrogens is 1. The first kappa shape index (κ1) is 13.5. The van der Waals surface area contributed by atoms with E-state index in [2.05, 4.69) is 11.9 Å². The first-order chi connectivity index (χ1) is 8.11. The lowest BCUT2D eigenvalue weighted by molar-refractivity contribution is 0.0927. The fraction of sp³-hybridized carbons (Fsp3) is 0.462. The van der Waals surface area contributed by atoms with Crippen molar-refractivity contribution in [1.29, 1.82) is 0 Å². The number of nitrogens with one attached hydrogen (secondary N) is 1. The molecule has 1 amide bonds. The number of ether oxygens (including phenoxy) is 1. The number of carbonyl (C=O) groups excluding carboxylic acids is 1. The van der Waals surface area contributed by atoms with E-state index in [0.717, 1.165) is 11.3 Å². The molecule has 4 heteroatoms. The van der Waals surface area contributed by atoms with Crippen LogP contribution in [0.5, 0.6) is 0 Å². The number of methoxy groups -OCH3 is 1. The minimum Gasteiger partial charge on any atom is -0.383 e. The van der Waals surface area contributed by atoms with Crippen LogP contribution >= 0.6 is 0 Å². The molecular weight excluding hydrogens is 216 g/mol. The molecule has 1 aromatic heterocycles. The zero-order chi connectivity index (χ0) is 12.8. The molecule has 94 valence electrons. The topological polar surface area (TPSA) is 43.3 Å². The SMILES string of the molecule is C=CCn1c(C)cc(C)c1C(=O)NCCOC. The van der Waals surface area contributed by atoms with Crippen LogP contribution in [-0.4, -0.2) is 30.7 Å². The number of amides is 1. The molecule has 0 aliphatic carbocycles. The van der Waals surface area contributed by atoms with Gasteiger partial charge in [0.1, 0.15) is 5.69 Å². The fourth-order valence-electron chi connectivity index (χ4n) is 1.87. The van der Waals surface area contributed by atoms with Gasteiger partial charge in [-0.2, -0.15) is 0 Å². The van der Waals surface area contributed by atoms with Crippen LogP contribution in [0.2, 0.25) is 0 Å². The summed E-state index contributed by atoms with van der Waals surface area (Å²) in [5.74, 6) is -0.0606. The third-order valence-corrected chi connectivity index (χ3v) is 2.61. The predicted molar refractivity (Wildman–Crippen MR) is 68.3 cm³/mol. The maximum absolute atomic E-state index is 12.0. The zero-order valence-electron chi connectivity index (χ0n) is 10.7. The van der Waals surface area contributed by atoms with E-state index in [1.807, 2.05) is 24.5 Å². The molecule has 17 heavy (non-hydrogen) atoms. The Kier molecular flexibility index (Phi) is 4.97. The molecule has 0 unspecified atom stereocenters. The number of hydrogen-bond acceptors (Lipinski definition) is 2. The van der Waals surface area contributed by atoms with Gasteiger partial charge in [0, 0.05) is 25.9 Å². The number of aryl methyl sites for hydroxylation is 2. The standard InChI is InChI=1S/C13H20N2O2/c1-5-7-15-11(3)9-10(2)12(15)13(16)14-6-8-17-4/h5,9H,1,6-8H2,2-4H3,(H,14,16). The minimum atomic E-state index is -0.0606. The molecule has 0 radical (unpaired) electrons. The Balaban J connectivity index is 2.87. The molecule has 0 bridgehead atoms. The van der Waals surface area contributed by atoms with Crippen LogP contribution in [-0.2, 0) is 11.3 Å². The largest absolute Gasteiger partial charge is 0.383 e.